The van der Waals surface area contributed by atoms with Crippen LogP contribution >= 0.6 is 0 Å². The van der Waals surface area contributed by atoms with Gasteiger partial charge in [0.25, 0.3) is 0 Å². The van der Waals surface area contributed by atoms with Gasteiger partial charge in [0.05, 0.1) is 10.8 Å². The van der Waals surface area contributed by atoms with E-state index in [0.29, 0.717) is 6.54 Å². The Kier molecular flexibility index (Phi) is 4.35. The Bertz CT molecular complexity index is 734. The number of pyridine rings is 1. The lowest BCUT2D eigenvalue weighted by Crippen LogP contribution is -2.45. The van der Waals surface area contributed by atoms with Gasteiger partial charge in [0.2, 0.25) is 0 Å². The largest absolute Gasteiger partial charge is 0.309 e. The van der Waals surface area contributed by atoms with E-state index in [2.05, 4.69) is 10.3 Å². The van der Waals surface area contributed by atoms with E-state index >= 15 is 0 Å². The first-order chi connectivity index (χ1) is 9.79. The van der Waals surface area contributed by atoms with E-state index in [1.807, 2.05) is 31.2 Å². The molecular formula is C16H22N2O2S. The molecule has 21 heavy (non-hydrogen) atoms. The fraction of sp³-hybridized carbons (Fsp3) is 0.438. The van der Waals surface area contributed by atoms with Gasteiger partial charge in [-0.05, 0) is 37.4 Å². The molecule has 0 radical (unpaired) electrons. The van der Waals surface area contributed by atoms with Gasteiger partial charge in [-0.1, -0.05) is 25.1 Å². The van der Waals surface area contributed by atoms with Crippen LogP contribution in [0.5, 0.6) is 0 Å². The molecule has 0 fully saturated rings. The average molecular weight is 306 g/mol. The summed E-state index contributed by atoms with van der Waals surface area (Å²) in [5.74, 6) is 0. The zero-order valence-corrected chi connectivity index (χ0v) is 13.7. The van der Waals surface area contributed by atoms with E-state index in [1.165, 1.54) is 6.26 Å². The molecule has 0 saturated heterocycles. The quantitative estimate of drug-likeness (QED) is 0.922. The van der Waals surface area contributed by atoms with E-state index in [4.69, 9.17) is 0 Å². The average Bonchev–Trinajstić information content (AvgIpc) is 2.43. The van der Waals surface area contributed by atoms with E-state index in [9.17, 15) is 8.42 Å². The minimum atomic E-state index is -3.22. The molecule has 0 amide bonds. The molecule has 0 aliphatic heterocycles. The van der Waals surface area contributed by atoms with Gasteiger partial charge in [-0.2, -0.15) is 0 Å². The van der Waals surface area contributed by atoms with Crippen LogP contribution in [0.25, 0.3) is 10.8 Å². The van der Waals surface area contributed by atoms with Crippen molar-refractivity contribution in [1.82, 2.24) is 10.3 Å². The van der Waals surface area contributed by atoms with Crippen molar-refractivity contribution >= 4 is 20.6 Å². The zero-order valence-electron chi connectivity index (χ0n) is 12.9. The third-order valence-corrected chi connectivity index (χ3v) is 6.23. The van der Waals surface area contributed by atoms with E-state index in [-0.39, 0.29) is 6.04 Å². The summed E-state index contributed by atoms with van der Waals surface area (Å²) in [5, 5.41) is 5.39. The van der Waals surface area contributed by atoms with Crippen molar-refractivity contribution in [3.63, 3.8) is 0 Å². The molecule has 0 aliphatic carbocycles. The van der Waals surface area contributed by atoms with E-state index in [1.54, 1.807) is 26.2 Å². The first kappa shape index (κ1) is 15.9. The molecule has 0 bridgehead atoms. The Hall–Kier alpha value is -1.46. The number of nitrogens with one attached hydrogen (secondary N) is 1. The van der Waals surface area contributed by atoms with Crippen LogP contribution in [0.3, 0.4) is 0 Å². The molecule has 0 aliphatic rings. The van der Waals surface area contributed by atoms with Crippen molar-refractivity contribution in [3.05, 3.63) is 42.2 Å². The third-order valence-electron chi connectivity index (χ3n) is 4.08. The SMILES string of the molecule is CCNC(c1cccc2cnccc12)C(C)(C)S(C)(=O)=O. The Morgan fingerprint density at radius 1 is 1.29 bits per heavy atom. The van der Waals surface area contributed by atoms with Crippen LogP contribution in [0.15, 0.2) is 36.7 Å². The van der Waals surface area contributed by atoms with Gasteiger partial charge in [-0.3, -0.25) is 4.98 Å². The van der Waals surface area contributed by atoms with Gasteiger partial charge in [-0.15, -0.1) is 0 Å². The number of fused-ring (bicyclic) bond motifs is 1. The van der Waals surface area contributed by atoms with Crippen molar-refractivity contribution in [2.75, 3.05) is 12.8 Å². The summed E-state index contributed by atoms with van der Waals surface area (Å²) in [5.41, 5.74) is 0.993. The summed E-state index contributed by atoms with van der Waals surface area (Å²) in [6, 6.07) is 7.59. The summed E-state index contributed by atoms with van der Waals surface area (Å²) in [4.78, 5) is 4.13. The maximum absolute atomic E-state index is 12.2. The van der Waals surface area contributed by atoms with Crippen LogP contribution in [0.2, 0.25) is 0 Å². The molecular weight excluding hydrogens is 284 g/mol. The molecule has 1 aromatic heterocycles. The standard InChI is InChI=1S/C16H22N2O2S/c1-5-18-15(16(2,3)21(4,19)20)14-8-6-7-12-11-17-10-9-13(12)14/h6-11,15,18H,5H2,1-4H3. The maximum Gasteiger partial charge on any atom is 0.154 e. The lowest BCUT2D eigenvalue weighted by Gasteiger charge is -2.34. The lowest BCUT2D eigenvalue weighted by molar-refractivity contribution is 0.430. The molecule has 2 aromatic rings. The molecule has 114 valence electrons. The molecule has 4 nitrogen and oxygen atoms in total. The van der Waals surface area contributed by atoms with Gasteiger partial charge in [0.1, 0.15) is 0 Å². The zero-order chi connectivity index (χ0) is 15.7. The topological polar surface area (TPSA) is 59.1 Å². The molecule has 0 spiro atoms. The molecule has 1 N–H and O–H groups in total. The second kappa shape index (κ2) is 5.73. The molecule has 1 aromatic carbocycles. The minimum absolute atomic E-state index is 0.274. The van der Waals surface area contributed by atoms with Crippen molar-refractivity contribution in [2.45, 2.75) is 31.6 Å². The van der Waals surface area contributed by atoms with E-state index in [0.717, 1.165) is 16.3 Å². The Balaban J connectivity index is 2.67. The van der Waals surface area contributed by atoms with Crippen LogP contribution in [0, 0.1) is 0 Å². The molecule has 1 atom stereocenters. The predicted molar refractivity (Wildman–Crippen MR) is 87.1 cm³/mol. The first-order valence-electron chi connectivity index (χ1n) is 7.04. The highest BCUT2D eigenvalue weighted by molar-refractivity contribution is 7.92. The number of aromatic nitrogens is 1. The summed E-state index contributed by atoms with van der Waals surface area (Å²) in [6.07, 6.45) is 4.83. The van der Waals surface area contributed by atoms with Crippen molar-refractivity contribution in [3.8, 4) is 0 Å². The Labute approximate surface area is 126 Å². The number of benzene rings is 1. The monoisotopic (exact) mass is 306 g/mol. The summed E-state index contributed by atoms with van der Waals surface area (Å²) >= 11 is 0. The fourth-order valence-electron chi connectivity index (χ4n) is 2.55. The van der Waals surface area contributed by atoms with Crippen LogP contribution in [-0.2, 0) is 9.84 Å². The van der Waals surface area contributed by atoms with Gasteiger partial charge >= 0.3 is 0 Å². The summed E-state index contributed by atoms with van der Waals surface area (Å²) < 4.78 is 23.6. The number of sulfone groups is 1. The normalized spacial score (nSPS) is 14.3. The van der Waals surface area contributed by atoms with Crippen molar-refractivity contribution < 1.29 is 8.42 Å². The molecule has 0 saturated carbocycles. The summed E-state index contributed by atoms with van der Waals surface area (Å²) in [6.45, 7) is 6.23. The second-order valence-electron chi connectivity index (χ2n) is 5.81. The predicted octanol–water partition coefficient (Wildman–Crippen LogP) is 2.71. The van der Waals surface area contributed by atoms with Crippen LogP contribution in [-0.4, -0.2) is 30.9 Å². The number of nitrogens with zero attached hydrogens (tertiary/aromatic N) is 1. The van der Waals surface area contributed by atoms with E-state index < -0.39 is 14.6 Å². The smallest absolute Gasteiger partial charge is 0.154 e. The second-order valence-corrected chi connectivity index (χ2v) is 8.41. The Morgan fingerprint density at radius 2 is 2.00 bits per heavy atom. The highest BCUT2D eigenvalue weighted by atomic mass is 32.2. The van der Waals surface area contributed by atoms with Crippen molar-refractivity contribution in [1.29, 1.82) is 0 Å². The van der Waals surface area contributed by atoms with Crippen molar-refractivity contribution in [2.24, 2.45) is 0 Å². The highest BCUT2D eigenvalue weighted by Gasteiger charge is 2.40. The molecule has 1 heterocycles. The number of hydrogen-bond donors (Lipinski definition) is 1. The lowest BCUT2D eigenvalue weighted by atomic mass is 9.91. The van der Waals surface area contributed by atoms with Gasteiger partial charge in [0.15, 0.2) is 9.84 Å². The Morgan fingerprint density at radius 3 is 2.62 bits per heavy atom. The highest BCUT2D eigenvalue weighted by Crippen LogP contribution is 2.35. The third kappa shape index (κ3) is 2.94. The molecule has 5 heteroatoms. The number of rotatable bonds is 5. The molecule has 1 unspecified atom stereocenters. The van der Waals surface area contributed by atoms with Crippen LogP contribution < -0.4 is 5.32 Å². The van der Waals surface area contributed by atoms with Gasteiger partial charge in [-0.25, -0.2) is 8.42 Å². The van der Waals surface area contributed by atoms with Gasteiger partial charge in [0, 0.05) is 24.0 Å². The number of hydrogen-bond acceptors (Lipinski definition) is 4. The summed E-state index contributed by atoms with van der Waals surface area (Å²) in [7, 11) is -3.22. The first-order valence-corrected chi connectivity index (χ1v) is 8.93. The van der Waals surface area contributed by atoms with Crippen LogP contribution in [0.1, 0.15) is 32.4 Å². The minimum Gasteiger partial charge on any atom is -0.309 e. The van der Waals surface area contributed by atoms with Crippen LogP contribution in [0.4, 0.5) is 0 Å². The molecule has 2 rings (SSSR count). The maximum atomic E-state index is 12.2. The fourth-order valence-corrected chi connectivity index (χ4v) is 3.19. The van der Waals surface area contributed by atoms with Gasteiger partial charge < -0.3 is 5.32 Å².